The van der Waals surface area contributed by atoms with Crippen molar-refractivity contribution in [3.8, 4) is 0 Å². The number of nitrogens with zero attached hydrogens (tertiary/aromatic N) is 3. The van der Waals surface area contributed by atoms with E-state index in [9.17, 15) is 9.59 Å². The molecule has 6 nitrogen and oxygen atoms in total. The van der Waals surface area contributed by atoms with E-state index in [1.165, 1.54) is 0 Å². The molecule has 0 bridgehead atoms. The summed E-state index contributed by atoms with van der Waals surface area (Å²) in [5, 5.41) is 0. The molecule has 3 saturated heterocycles. The third-order valence-corrected chi connectivity index (χ3v) is 6.07. The number of likely N-dealkylation sites (tertiary alicyclic amines) is 1. The van der Waals surface area contributed by atoms with E-state index in [0.29, 0.717) is 12.5 Å². The Morgan fingerprint density at radius 1 is 1.04 bits per heavy atom. The maximum Gasteiger partial charge on any atom is 0.222 e. The number of carbonyl (C=O) groups is 2. The molecule has 0 saturated carbocycles. The zero-order valence-corrected chi connectivity index (χ0v) is 15.1. The number of hydrogen-bond acceptors (Lipinski definition) is 4. The maximum atomic E-state index is 11.9. The monoisotopic (exact) mass is 337 g/mol. The van der Waals surface area contributed by atoms with Gasteiger partial charge in [0, 0.05) is 65.3 Å². The van der Waals surface area contributed by atoms with Gasteiger partial charge in [-0.2, -0.15) is 0 Å². The van der Waals surface area contributed by atoms with Crippen LogP contribution in [0.15, 0.2) is 0 Å². The molecule has 0 aromatic heterocycles. The van der Waals surface area contributed by atoms with Crippen molar-refractivity contribution in [2.75, 3.05) is 45.9 Å². The van der Waals surface area contributed by atoms with Gasteiger partial charge in [-0.1, -0.05) is 6.92 Å². The molecule has 0 aromatic rings. The quantitative estimate of drug-likeness (QED) is 0.757. The van der Waals surface area contributed by atoms with Gasteiger partial charge in [0.2, 0.25) is 11.8 Å². The molecule has 0 aromatic carbocycles. The zero-order valence-electron chi connectivity index (χ0n) is 15.1. The van der Waals surface area contributed by atoms with Gasteiger partial charge in [0.05, 0.1) is 5.60 Å². The van der Waals surface area contributed by atoms with E-state index in [0.717, 1.165) is 71.6 Å². The van der Waals surface area contributed by atoms with Crippen molar-refractivity contribution in [2.45, 2.75) is 57.6 Å². The first-order chi connectivity index (χ1) is 11.5. The molecule has 0 radical (unpaired) electrons. The first-order valence-corrected chi connectivity index (χ1v) is 9.44. The number of hydrogen-bond donors (Lipinski definition) is 0. The van der Waals surface area contributed by atoms with E-state index in [4.69, 9.17) is 4.74 Å². The standard InChI is InChI=1S/C18H31N3O3/c1-3-17(23)21-7-5-18(6-8-21)14-16(4-13-24-18)20-11-9-19(10-12-20)15(2)22/h16H,3-14H2,1-2H3/t16-/m0/s1. The number of rotatable bonds is 2. The largest absolute Gasteiger partial charge is 0.375 e. The van der Waals surface area contributed by atoms with Crippen molar-refractivity contribution >= 4 is 11.8 Å². The Morgan fingerprint density at radius 2 is 1.71 bits per heavy atom. The van der Waals surface area contributed by atoms with Crippen LogP contribution < -0.4 is 0 Å². The molecule has 3 aliphatic rings. The molecular weight excluding hydrogens is 306 g/mol. The topological polar surface area (TPSA) is 53.1 Å². The fourth-order valence-electron chi connectivity index (χ4n) is 4.45. The van der Waals surface area contributed by atoms with Crippen LogP contribution in [0.3, 0.4) is 0 Å². The highest BCUT2D eigenvalue weighted by molar-refractivity contribution is 5.75. The smallest absolute Gasteiger partial charge is 0.222 e. The predicted octanol–water partition coefficient (Wildman–Crippen LogP) is 1.10. The minimum absolute atomic E-state index is 0.0366. The number of amides is 2. The minimum atomic E-state index is -0.0366. The second-order valence-electron chi connectivity index (χ2n) is 7.45. The highest BCUT2D eigenvalue weighted by Crippen LogP contribution is 2.37. The van der Waals surface area contributed by atoms with E-state index in [1.807, 2.05) is 16.7 Å². The minimum Gasteiger partial charge on any atom is -0.375 e. The SMILES string of the molecule is CCC(=O)N1CCC2(CC1)C[C@@H](N1CCN(C(C)=O)CC1)CCO2. The second kappa shape index (κ2) is 7.40. The van der Waals surface area contributed by atoms with E-state index in [-0.39, 0.29) is 17.4 Å². The molecule has 24 heavy (non-hydrogen) atoms. The summed E-state index contributed by atoms with van der Waals surface area (Å²) in [6.45, 7) is 9.71. The lowest BCUT2D eigenvalue weighted by atomic mass is 9.81. The summed E-state index contributed by atoms with van der Waals surface area (Å²) in [5.74, 6) is 0.448. The molecule has 6 heteroatoms. The lowest BCUT2D eigenvalue weighted by molar-refractivity contribution is -0.151. The van der Waals surface area contributed by atoms with Gasteiger partial charge >= 0.3 is 0 Å². The van der Waals surface area contributed by atoms with Crippen LogP contribution in [0.1, 0.15) is 46.0 Å². The van der Waals surface area contributed by atoms with E-state index < -0.39 is 0 Å². The molecule has 2 amide bonds. The van der Waals surface area contributed by atoms with Gasteiger partial charge in [-0.3, -0.25) is 14.5 Å². The van der Waals surface area contributed by atoms with Crippen LogP contribution in [0.25, 0.3) is 0 Å². The summed E-state index contributed by atoms with van der Waals surface area (Å²) in [6, 6.07) is 0.557. The maximum absolute atomic E-state index is 11.9. The Labute approximate surface area is 145 Å². The van der Waals surface area contributed by atoms with E-state index in [2.05, 4.69) is 4.90 Å². The van der Waals surface area contributed by atoms with Crippen molar-refractivity contribution < 1.29 is 14.3 Å². The fourth-order valence-corrected chi connectivity index (χ4v) is 4.45. The molecule has 1 atom stereocenters. The Balaban J connectivity index is 1.54. The Hall–Kier alpha value is -1.14. The first-order valence-electron chi connectivity index (χ1n) is 9.44. The van der Waals surface area contributed by atoms with Crippen molar-refractivity contribution in [3.05, 3.63) is 0 Å². The molecule has 0 unspecified atom stereocenters. The normalized spacial score (nSPS) is 28.2. The molecule has 3 fully saturated rings. The highest BCUT2D eigenvalue weighted by Gasteiger charge is 2.42. The molecule has 3 aliphatic heterocycles. The second-order valence-corrected chi connectivity index (χ2v) is 7.45. The van der Waals surface area contributed by atoms with Crippen molar-refractivity contribution in [1.29, 1.82) is 0 Å². The van der Waals surface area contributed by atoms with Crippen LogP contribution in [0, 0.1) is 0 Å². The number of carbonyl (C=O) groups excluding carboxylic acids is 2. The van der Waals surface area contributed by atoms with Gasteiger partial charge in [0.15, 0.2) is 0 Å². The van der Waals surface area contributed by atoms with Gasteiger partial charge in [-0.15, -0.1) is 0 Å². The summed E-state index contributed by atoms with van der Waals surface area (Å²) in [7, 11) is 0. The molecule has 0 aliphatic carbocycles. The summed E-state index contributed by atoms with van der Waals surface area (Å²) in [5.41, 5.74) is -0.0366. The van der Waals surface area contributed by atoms with E-state index >= 15 is 0 Å². The van der Waals surface area contributed by atoms with Crippen LogP contribution in [0.4, 0.5) is 0 Å². The zero-order chi connectivity index (χ0) is 17.2. The molecule has 3 heterocycles. The van der Waals surface area contributed by atoms with Gasteiger partial charge in [0.25, 0.3) is 0 Å². The van der Waals surface area contributed by atoms with Gasteiger partial charge in [0.1, 0.15) is 0 Å². The molecule has 0 N–H and O–H groups in total. The van der Waals surface area contributed by atoms with Crippen LogP contribution >= 0.6 is 0 Å². The summed E-state index contributed by atoms with van der Waals surface area (Å²) >= 11 is 0. The number of piperazine rings is 1. The van der Waals surface area contributed by atoms with Crippen molar-refractivity contribution in [1.82, 2.24) is 14.7 Å². The fraction of sp³-hybridized carbons (Fsp3) is 0.889. The van der Waals surface area contributed by atoms with Gasteiger partial charge < -0.3 is 14.5 Å². The summed E-state index contributed by atoms with van der Waals surface area (Å²) < 4.78 is 6.22. The van der Waals surface area contributed by atoms with Crippen LogP contribution in [-0.2, 0) is 14.3 Å². The molecule has 136 valence electrons. The van der Waals surface area contributed by atoms with E-state index in [1.54, 1.807) is 6.92 Å². The Kier molecular flexibility index (Phi) is 5.45. The predicted molar refractivity (Wildman–Crippen MR) is 91.6 cm³/mol. The average molecular weight is 337 g/mol. The highest BCUT2D eigenvalue weighted by atomic mass is 16.5. The van der Waals surface area contributed by atoms with Gasteiger partial charge in [-0.05, 0) is 25.7 Å². The first kappa shape index (κ1) is 17.7. The van der Waals surface area contributed by atoms with Crippen molar-refractivity contribution in [2.24, 2.45) is 0 Å². The third-order valence-electron chi connectivity index (χ3n) is 6.07. The van der Waals surface area contributed by atoms with Gasteiger partial charge in [-0.25, -0.2) is 0 Å². The average Bonchev–Trinajstić information content (AvgIpc) is 2.62. The van der Waals surface area contributed by atoms with Crippen LogP contribution in [-0.4, -0.2) is 84.0 Å². The molecule has 1 spiro atoms. The lowest BCUT2D eigenvalue weighted by Gasteiger charge is -2.49. The number of piperidine rings is 1. The molecular formula is C18H31N3O3. The van der Waals surface area contributed by atoms with Crippen molar-refractivity contribution in [3.63, 3.8) is 0 Å². The Bertz CT molecular complexity index is 466. The molecule has 3 rings (SSSR count). The summed E-state index contributed by atoms with van der Waals surface area (Å²) in [6.07, 6.45) is 4.67. The Morgan fingerprint density at radius 3 is 2.29 bits per heavy atom. The summed E-state index contributed by atoms with van der Waals surface area (Å²) in [4.78, 5) is 29.9. The number of ether oxygens (including phenoxy) is 1. The van der Waals surface area contributed by atoms with Crippen LogP contribution in [0.2, 0.25) is 0 Å². The van der Waals surface area contributed by atoms with Crippen LogP contribution in [0.5, 0.6) is 0 Å². The third kappa shape index (κ3) is 3.75. The lowest BCUT2D eigenvalue weighted by Crippen LogP contribution is -2.57.